The topological polar surface area (TPSA) is 57.2 Å². The van der Waals surface area contributed by atoms with Crippen LogP contribution in [0.15, 0.2) is 24.3 Å². The standard InChI is InChI=1S/C19H30O5Si/c1-18(2,3)25(5,6)24-15-11-22-17-16(15)23-12-19(17,20)13-7-9-14(21-4)10-8-13/h7-10,15-17,20H,11-12H2,1-6H3/t15-,16+,17-,19-/m0/s1. The second-order valence-electron chi connectivity index (χ2n) is 8.60. The van der Waals surface area contributed by atoms with Gasteiger partial charge in [0, 0.05) is 0 Å². The quantitative estimate of drug-likeness (QED) is 0.830. The summed E-state index contributed by atoms with van der Waals surface area (Å²) in [5.41, 5.74) is -0.364. The molecule has 2 heterocycles. The molecule has 0 amide bonds. The minimum Gasteiger partial charge on any atom is -0.497 e. The third-order valence-corrected chi connectivity index (χ3v) is 10.4. The molecule has 1 N–H and O–H groups in total. The number of benzene rings is 1. The van der Waals surface area contributed by atoms with Crippen LogP contribution in [0, 0.1) is 0 Å². The zero-order valence-corrected chi connectivity index (χ0v) is 17.0. The number of rotatable bonds is 4. The van der Waals surface area contributed by atoms with E-state index in [0.717, 1.165) is 11.3 Å². The van der Waals surface area contributed by atoms with Crippen LogP contribution in [-0.4, -0.2) is 52.1 Å². The molecular weight excluding hydrogens is 336 g/mol. The molecule has 140 valence electrons. The van der Waals surface area contributed by atoms with E-state index in [1.54, 1.807) is 7.11 Å². The Balaban J connectivity index is 1.77. The first-order valence-electron chi connectivity index (χ1n) is 8.86. The zero-order chi connectivity index (χ0) is 18.5. The second-order valence-corrected chi connectivity index (χ2v) is 13.4. The predicted octanol–water partition coefficient (Wildman–Crippen LogP) is 3.07. The number of methoxy groups -OCH3 is 1. The highest BCUT2D eigenvalue weighted by Gasteiger charge is 2.58. The molecule has 3 rings (SSSR count). The van der Waals surface area contributed by atoms with Gasteiger partial charge in [-0.15, -0.1) is 0 Å². The van der Waals surface area contributed by atoms with E-state index in [0.29, 0.717) is 6.61 Å². The molecule has 2 saturated heterocycles. The molecule has 0 radical (unpaired) electrons. The molecule has 1 aromatic carbocycles. The number of ether oxygens (including phenoxy) is 3. The Kier molecular flexibility index (Phi) is 4.79. The van der Waals surface area contributed by atoms with Gasteiger partial charge in [-0.3, -0.25) is 0 Å². The highest BCUT2D eigenvalue weighted by molar-refractivity contribution is 6.74. The van der Waals surface area contributed by atoms with E-state index in [4.69, 9.17) is 18.6 Å². The Morgan fingerprint density at radius 3 is 2.36 bits per heavy atom. The highest BCUT2D eigenvalue weighted by atomic mass is 28.4. The van der Waals surface area contributed by atoms with Crippen LogP contribution in [0.25, 0.3) is 0 Å². The molecule has 0 bridgehead atoms. The summed E-state index contributed by atoms with van der Waals surface area (Å²) < 4.78 is 23.6. The maximum atomic E-state index is 11.2. The summed E-state index contributed by atoms with van der Waals surface area (Å²) in [6, 6.07) is 7.43. The highest BCUT2D eigenvalue weighted by Crippen LogP contribution is 2.44. The molecule has 0 aliphatic carbocycles. The number of aliphatic hydroxyl groups is 1. The number of fused-ring (bicyclic) bond motifs is 1. The summed E-state index contributed by atoms with van der Waals surface area (Å²) in [7, 11) is -0.300. The smallest absolute Gasteiger partial charge is 0.192 e. The van der Waals surface area contributed by atoms with Crippen molar-refractivity contribution in [1.29, 1.82) is 0 Å². The van der Waals surface area contributed by atoms with Crippen LogP contribution >= 0.6 is 0 Å². The first kappa shape index (κ1) is 18.9. The van der Waals surface area contributed by atoms with Gasteiger partial charge in [0.25, 0.3) is 0 Å². The van der Waals surface area contributed by atoms with Gasteiger partial charge < -0.3 is 23.7 Å². The third-order valence-electron chi connectivity index (χ3n) is 5.91. The lowest BCUT2D eigenvalue weighted by Crippen LogP contribution is -2.48. The van der Waals surface area contributed by atoms with Crippen LogP contribution in [0.2, 0.25) is 18.1 Å². The van der Waals surface area contributed by atoms with E-state index < -0.39 is 20.0 Å². The van der Waals surface area contributed by atoms with E-state index >= 15 is 0 Å². The molecule has 4 atom stereocenters. The van der Waals surface area contributed by atoms with Crippen molar-refractivity contribution in [3.05, 3.63) is 29.8 Å². The van der Waals surface area contributed by atoms with Crippen molar-refractivity contribution >= 4 is 8.32 Å². The molecule has 1 aromatic rings. The zero-order valence-electron chi connectivity index (χ0n) is 16.0. The number of hydrogen-bond acceptors (Lipinski definition) is 5. The van der Waals surface area contributed by atoms with Gasteiger partial charge in [0.05, 0.1) is 26.4 Å². The summed E-state index contributed by atoms with van der Waals surface area (Å²) in [5, 5.41) is 11.4. The first-order valence-corrected chi connectivity index (χ1v) is 11.8. The minimum absolute atomic E-state index is 0.121. The molecule has 0 spiro atoms. The Bertz CT molecular complexity index is 609. The third kappa shape index (κ3) is 3.26. The molecule has 6 heteroatoms. The lowest BCUT2D eigenvalue weighted by atomic mass is 9.88. The van der Waals surface area contributed by atoms with E-state index in [1.165, 1.54) is 0 Å². The van der Waals surface area contributed by atoms with Crippen molar-refractivity contribution in [2.75, 3.05) is 20.3 Å². The molecule has 2 fully saturated rings. The average molecular weight is 367 g/mol. The van der Waals surface area contributed by atoms with E-state index in [1.807, 2.05) is 24.3 Å². The largest absolute Gasteiger partial charge is 0.497 e. The Hall–Kier alpha value is -0.923. The lowest BCUT2D eigenvalue weighted by Gasteiger charge is -2.39. The van der Waals surface area contributed by atoms with Gasteiger partial charge >= 0.3 is 0 Å². The van der Waals surface area contributed by atoms with Crippen LogP contribution in [0.3, 0.4) is 0 Å². The van der Waals surface area contributed by atoms with Crippen LogP contribution in [0.1, 0.15) is 26.3 Å². The molecular formula is C19H30O5Si. The van der Waals surface area contributed by atoms with Crippen molar-refractivity contribution in [2.45, 2.75) is 62.8 Å². The van der Waals surface area contributed by atoms with Crippen LogP contribution < -0.4 is 4.74 Å². The van der Waals surface area contributed by atoms with Crippen molar-refractivity contribution in [3.8, 4) is 5.75 Å². The molecule has 2 aliphatic rings. The molecule has 0 saturated carbocycles. The van der Waals surface area contributed by atoms with Crippen molar-refractivity contribution in [3.63, 3.8) is 0 Å². The van der Waals surface area contributed by atoms with Gasteiger partial charge in [-0.25, -0.2) is 0 Å². The van der Waals surface area contributed by atoms with Crippen LogP contribution in [0.4, 0.5) is 0 Å². The van der Waals surface area contributed by atoms with Crippen molar-refractivity contribution in [2.24, 2.45) is 0 Å². The molecule has 0 aromatic heterocycles. The van der Waals surface area contributed by atoms with E-state index in [9.17, 15) is 5.11 Å². The van der Waals surface area contributed by atoms with E-state index in [2.05, 4.69) is 33.9 Å². The predicted molar refractivity (Wildman–Crippen MR) is 98.4 cm³/mol. The maximum absolute atomic E-state index is 11.2. The summed E-state index contributed by atoms with van der Waals surface area (Å²) >= 11 is 0. The van der Waals surface area contributed by atoms with Gasteiger partial charge in [-0.05, 0) is 35.8 Å². The average Bonchev–Trinajstić information content (AvgIpc) is 3.09. The maximum Gasteiger partial charge on any atom is 0.192 e. The molecule has 0 unspecified atom stereocenters. The van der Waals surface area contributed by atoms with Crippen molar-refractivity contribution < 1.29 is 23.7 Å². The lowest BCUT2D eigenvalue weighted by molar-refractivity contribution is -0.0733. The fraction of sp³-hybridized carbons (Fsp3) is 0.684. The minimum atomic E-state index is -1.93. The van der Waals surface area contributed by atoms with Crippen LogP contribution in [-0.2, 0) is 19.5 Å². The Morgan fingerprint density at radius 2 is 1.80 bits per heavy atom. The summed E-state index contributed by atoms with van der Waals surface area (Å²) in [6.45, 7) is 11.8. The van der Waals surface area contributed by atoms with Crippen molar-refractivity contribution in [1.82, 2.24) is 0 Å². The second kappa shape index (κ2) is 6.35. The fourth-order valence-electron chi connectivity index (χ4n) is 3.28. The monoisotopic (exact) mass is 366 g/mol. The normalized spacial score (nSPS) is 32.7. The Morgan fingerprint density at radius 1 is 1.16 bits per heavy atom. The summed E-state index contributed by atoms with van der Waals surface area (Å²) in [6.07, 6.45) is -0.768. The fourth-order valence-corrected chi connectivity index (χ4v) is 4.59. The summed E-state index contributed by atoms with van der Waals surface area (Å²) in [4.78, 5) is 0. The van der Waals surface area contributed by atoms with Gasteiger partial charge in [-0.1, -0.05) is 32.9 Å². The van der Waals surface area contributed by atoms with Gasteiger partial charge in [0.1, 0.15) is 23.6 Å². The molecule has 2 aliphatic heterocycles. The number of hydrogen-bond donors (Lipinski definition) is 1. The van der Waals surface area contributed by atoms with Gasteiger partial charge in [0.2, 0.25) is 0 Å². The molecule has 25 heavy (non-hydrogen) atoms. The molecule has 5 nitrogen and oxygen atoms in total. The van der Waals surface area contributed by atoms with E-state index in [-0.39, 0.29) is 23.9 Å². The van der Waals surface area contributed by atoms with Crippen LogP contribution in [0.5, 0.6) is 5.75 Å². The van der Waals surface area contributed by atoms with Gasteiger partial charge in [-0.2, -0.15) is 0 Å². The Labute approximate surface area is 151 Å². The SMILES string of the molecule is COc1ccc([C@@]2(O)CO[C@@H]3[C@@H](O[Si](C)(C)C(C)(C)C)CO[C@@H]32)cc1. The first-order chi connectivity index (χ1) is 11.6. The van der Waals surface area contributed by atoms with Gasteiger partial charge in [0.15, 0.2) is 8.32 Å². The summed E-state index contributed by atoms with van der Waals surface area (Å²) in [5.74, 6) is 0.759.